The molecule has 4 heterocycles. The van der Waals surface area contributed by atoms with Crippen LogP contribution >= 0.6 is 11.6 Å². The largest absolute Gasteiger partial charge is 0.320 e. The number of pyridine rings is 1. The Labute approximate surface area is 136 Å². The summed E-state index contributed by atoms with van der Waals surface area (Å²) in [5, 5.41) is 0.501. The van der Waals surface area contributed by atoms with Gasteiger partial charge >= 0.3 is 0 Å². The van der Waals surface area contributed by atoms with Gasteiger partial charge in [-0.3, -0.25) is 14.2 Å². The molecule has 114 valence electrons. The minimum absolute atomic E-state index is 0.159. The average molecular weight is 325 g/mol. The first-order valence-electron chi connectivity index (χ1n) is 7.16. The molecule has 0 saturated heterocycles. The van der Waals surface area contributed by atoms with Gasteiger partial charge < -0.3 is 4.40 Å². The third-order valence-electron chi connectivity index (χ3n) is 3.81. The van der Waals surface area contributed by atoms with E-state index >= 15 is 0 Å². The van der Waals surface area contributed by atoms with Gasteiger partial charge in [-0.05, 0) is 32.0 Å². The maximum Gasteiger partial charge on any atom is 0.258 e. The second-order valence-corrected chi connectivity index (χ2v) is 5.98. The number of hydrogen-bond donors (Lipinski definition) is 0. The molecule has 6 heteroatoms. The van der Waals surface area contributed by atoms with Crippen LogP contribution in [0.5, 0.6) is 0 Å². The van der Waals surface area contributed by atoms with E-state index in [1.54, 1.807) is 18.3 Å². The number of halogens is 1. The van der Waals surface area contributed by atoms with Gasteiger partial charge in [0, 0.05) is 30.2 Å². The van der Waals surface area contributed by atoms with Crippen molar-refractivity contribution in [2.24, 2.45) is 0 Å². The van der Waals surface area contributed by atoms with Crippen LogP contribution < -0.4 is 5.56 Å². The summed E-state index contributed by atoms with van der Waals surface area (Å²) in [7, 11) is 0. The Morgan fingerprint density at radius 1 is 1.04 bits per heavy atom. The highest BCUT2D eigenvalue weighted by molar-refractivity contribution is 6.30. The average Bonchev–Trinajstić information content (AvgIpc) is 2.92. The van der Waals surface area contributed by atoms with Crippen molar-refractivity contribution in [1.29, 1.82) is 0 Å². The Morgan fingerprint density at radius 3 is 2.70 bits per heavy atom. The van der Waals surface area contributed by atoms with E-state index in [4.69, 9.17) is 11.6 Å². The Morgan fingerprint density at radius 2 is 1.87 bits per heavy atom. The summed E-state index contributed by atoms with van der Waals surface area (Å²) in [6.07, 6.45) is 5.49. The molecule has 0 aliphatic carbocycles. The summed E-state index contributed by atoms with van der Waals surface area (Å²) in [6.45, 7) is 3.92. The Balaban J connectivity index is 1.97. The topological polar surface area (TPSA) is 51.7 Å². The third-order valence-corrected chi connectivity index (χ3v) is 4.03. The molecule has 4 aromatic rings. The standard InChI is InChI=1S/C17H13ClN4O/c1-10-7-21-8-12(5-15(21)11(2)19-10)14-6-17(23)22-9-13(18)3-4-16(22)20-14/h3-9H,1-2H3. The van der Waals surface area contributed by atoms with Crippen LogP contribution in [-0.4, -0.2) is 18.8 Å². The summed E-state index contributed by atoms with van der Waals surface area (Å²) in [5.74, 6) is 0. The molecule has 23 heavy (non-hydrogen) atoms. The zero-order valence-electron chi connectivity index (χ0n) is 12.6. The van der Waals surface area contributed by atoms with E-state index in [1.165, 1.54) is 10.5 Å². The molecule has 0 saturated carbocycles. The molecule has 0 aliphatic heterocycles. The summed E-state index contributed by atoms with van der Waals surface area (Å²) in [5.41, 5.74) is 4.82. The van der Waals surface area contributed by atoms with Crippen LogP contribution in [0.4, 0.5) is 0 Å². The van der Waals surface area contributed by atoms with Crippen LogP contribution in [-0.2, 0) is 0 Å². The lowest BCUT2D eigenvalue weighted by Gasteiger charge is -2.02. The second kappa shape index (κ2) is 4.93. The molecule has 0 amide bonds. The monoisotopic (exact) mass is 324 g/mol. The molecule has 4 aromatic heterocycles. The van der Waals surface area contributed by atoms with Gasteiger partial charge in [0.15, 0.2) is 0 Å². The van der Waals surface area contributed by atoms with E-state index in [-0.39, 0.29) is 5.56 Å². The number of rotatable bonds is 1. The van der Waals surface area contributed by atoms with Gasteiger partial charge in [0.1, 0.15) is 5.65 Å². The van der Waals surface area contributed by atoms with E-state index < -0.39 is 0 Å². The molecular weight excluding hydrogens is 312 g/mol. The smallest absolute Gasteiger partial charge is 0.258 e. The summed E-state index contributed by atoms with van der Waals surface area (Å²) in [4.78, 5) is 21.3. The predicted molar refractivity (Wildman–Crippen MR) is 90.1 cm³/mol. The van der Waals surface area contributed by atoms with Crippen LogP contribution in [0, 0.1) is 13.8 Å². The quantitative estimate of drug-likeness (QED) is 0.540. The normalized spacial score (nSPS) is 11.4. The first-order valence-corrected chi connectivity index (χ1v) is 7.54. The molecule has 0 N–H and O–H groups in total. The SMILES string of the molecule is Cc1cn2cc(-c3cc(=O)n4cc(Cl)ccc4n3)cc2c(C)n1. The van der Waals surface area contributed by atoms with Crippen molar-refractivity contribution >= 4 is 22.8 Å². The van der Waals surface area contributed by atoms with Gasteiger partial charge in [-0.1, -0.05) is 11.6 Å². The predicted octanol–water partition coefficient (Wildman–Crippen LogP) is 3.28. The highest BCUT2D eigenvalue weighted by Crippen LogP contribution is 2.22. The van der Waals surface area contributed by atoms with E-state index in [0.717, 1.165) is 22.5 Å². The number of aromatic nitrogens is 4. The lowest BCUT2D eigenvalue weighted by Crippen LogP contribution is -2.13. The Bertz CT molecular complexity index is 1130. The minimum Gasteiger partial charge on any atom is -0.320 e. The van der Waals surface area contributed by atoms with Crippen molar-refractivity contribution in [3.8, 4) is 11.3 Å². The number of fused-ring (bicyclic) bond motifs is 2. The summed E-state index contributed by atoms with van der Waals surface area (Å²) < 4.78 is 3.46. The molecule has 0 aromatic carbocycles. The third kappa shape index (κ3) is 2.29. The van der Waals surface area contributed by atoms with E-state index in [1.807, 2.05) is 36.7 Å². The zero-order valence-corrected chi connectivity index (χ0v) is 13.4. The highest BCUT2D eigenvalue weighted by Gasteiger charge is 2.09. The fraction of sp³-hybridized carbons (Fsp3) is 0.118. The van der Waals surface area contributed by atoms with E-state index in [9.17, 15) is 4.79 Å². The first-order chi connectivity index (χ1) is 11.0. The maximum atomic E-state index is 12.3. The van der Waals surface area contributed by atoms with Gasteiger partial charge in [0.05, 0.1) is 27.6 Å². The lowest BCUT2D eigenvalue weighted by molar-refractivity contribution is 1.04. The molecule has 0 radical (unpaired) electrons. The van der Waals surface area contributed by atoms with Crippen molar-refractivity contribution in [1.82, 2.24) is 18.8 Å². The van der Waals surface area contributed by atoms with Gasteiger partial charge in [-0.2, -0.15) is 0 Å². The maximum absolute atomic E-state index is 12.3. The van der Waals surface area contributed by atoms with Crippen LogP contribution in [0.25, 0.3) is 22.4 Å². The van der Waals surface area contributed by atoms with E-state index in [2.05, 4.69) is 9.97 Å². The van der Waals surface area contributed by atoms with Gasteiger partial charge in [0.2, 0.25) is 0 Å². The van der Waals surface area contributed by atoms with Crippen LogP contribution in [0.2, 0.25) is 5.02 Å². The lowest BCUT2D eigenvalue weighted by atomic mass is 10.2. The highest BCUT2D eigenvalue weighted by atomic mass is 35.5. The number of nitrogens with zero attached hydrogens (tertiary/aromatic N) is 4. The van der Waals surface area contributed by atoms with Crippen molar-refractivity contribution in [3.05, 3.63) is 69.6 Å². The number of hydrogen-bond acceptors (Lipinski definition) is 3. The molecular formula is C17H13ClN4O. The molecule has 0 aliphatic rings. The van der Waals surface area contributed by atoms with Crippen molar-refractivity contribution in [2.75, 3.05) is 0 Å². The van der Waals surface area contributed by atoms with Crippen LogP contribution in [0.3, 0.4) is 0 Å². The van der Waals surface area contributed by atoms with Gasteiger partial charge in [-0.15, -0.1) is 0 Å². The van der Waals surface area contributed by atoms with Crippen molar-refractivity contribution < 1.29 is 0 Å². The first kappa shape index (κ1) is 14.0. The van der Waals surface area contributed by atoms with Crippen molar-refractivity contribution in [3.63, 3.8) is 0 Å². The Kier molecular flexibility index (Phi) is 2.99. The van der Waals surface area contributed by atoms with Gasteiger partial charge in [0.25, 0.3) is 5.56 Å². The fourth-order valence-corrected chi connectivity index (χ4v) is 2.95. The summed E-state index contributed by atoms with van der Waals surface area (Å²) in [6, 6.07) is 6.98. The van der Waals surface area contributed by atoms with Crippen LogP contribution in [0.15, 0.2) is 47.7 Å². The van der Waals surface area contributed by atoms with Crippen LogP contribution in [0.1, 0.15) is 11.4 Å². The van der Waals surface area contributed by atoms with Gasteiger partial charge in [-0.25, -0.2) is 4.98 Å². The molecule has 0 spiro atoms. The van der Waals surface area contributed by atoms with E-state index in [0.29, 0.717) is 16.4 Å². The molecule has 0 atom stereocenters. The zero-order chi connectivity index (χ0) is 16.1. The summed E-state index contributed by atoms with van der Waals surface area (Å²) >= 11 is 5.94. The Hall–Kier alpha value is -2.66. The molecule has 0 unspecified atom stereocenters. The second-order valence-electron chi connectivity index (χ2n) is 5.54. The van der Waals surface area contributed by atoms with Crippen molar-refractivity contribution in [2.45, 2.75) is 13.8 Å². The minimum atomic E-state index is -0.159. The number of aryl methyl sites for hydroxylation is 2. The molecule has 0 fully saturated rings. The fourth-order valence-electron chi connectivity index (χ4n) is 2.79. The molecule has 0 bridgehead atoms. The molecule has 5 nitrogen and oxygen atoms in total. The molecule has 4 rings (SSSR count).